The van der Waals surface area contributed by atoms with E-state index < -0.39 is 12.0 Å². The van der Waals surface area contributed by atoms with Crippen molar-refractivity contribution in [3.63, 3.8) is 0 Å². The molecule has 4 aliphatic carbocycles. The first-order valence-electron chi connectivity index (χ1n) is 14.8. The maximum absolute atomic E-state index is 12.7. The van der Waals surface area contributed by atoms with Crippen LogP contribution in [0.5, 0.6) is 0 Å². The van der Waals surface area contributed by atoms with Crippen molar-refractivity contribution in [2.45, 2.75) is 123 Å². The third-order valence-electron chi connectivity index (χ3n) is 12.0. The second-order valence-corrected chi connectivity index (χ2v) is 13.7. The Morgan fingerprint density at radius 2 is 1.64 bits per heavy atom. The minimum Gasteiger partial charge on any atom is -0.480 e. The first-order valence-corrected chi connectivity index (χ1v) is 14.8. The van der Waals surface area contributed by atoms with Gasteiger partial charge < -0.3 is 20.6 Å². The van der Waals surface area contributed by atoms with Crippen molar-refractivity contribution in [3.8, 4) is 0 Å². The van der Waals surface area contributed by atoms with Crippen molar-refractivity contribution in [3.05, 3.63) is 0 Å². The zero-order valence-electron chi connectivity index (χ0n) is 23.2. The molecule has 0 spiro atoms. The number of aliphatic carboxylic acids is 1. The van der Waals surface area contributed by atoms with E-state index in [1.54, 1.807) is 0 Å². The summed E-state index contributed by atoms with van der Waals surface area (Å²) in [7, 11) is 0. The van der Waals surface area contributed by atoms with Gasteiger partial charge in [0.05, 0.1) is 12.2 Å². The van der Waals surface area contributed by atoms with Gasteiger partial charge in [-0.15, -0.1) is 0 Å². The molecule has 0 radical (unpaired) electrons. The largest absolute Gasteiger partial charge is 0.480 e. The lowest BCUT2D eigenvalue weighted by molar-refractivity contribution is -0.174. The molecular formula is C30H51NO5. The minimum absolute atomic E-state index is 0.0932. The number of hydrogen-bond acceptors (Lipinski definition) is 4. The zero-order chi connectivity index (χ0) is 26.4. The molecule has 0 aromatic rings. The van der Waals surface area contributed by atoms with Gasteiger partial charge in [0.15, 0.2) is 0 Å². The van der Waals surface area contributed by atoms with E-state index >= 15 is 0 Å². The average molecular weight is 506 g/mol. The second-order valence-electron chi connectivity index (χ2n) is 13.7. The number of carboxylic acid groups (broad SMARTS) is 1. The van der Waals surface area contributed by atoms with Crippen LogP contribution in [0.4, 0.5) is 0 Å². The van der Waals surface area contributed by atoms with Crippen LogP contribution in [0.1, 0.15) is 105 Å². The molecule has 0 aromatic heterocycles. The Labute approximate surface area is 218 Å². The van der Waals surface area contributed by atoms with E-state index in [2.05, 4.69) is 26.1 Å². The van der Waals surface area contributed by atoms with Crippen LogP contribution >= 0.6 is 0 Å². The van der Waals surface area contributed by atoms with Crippen LogP contribution in [-0.4, -0.2) is 45.4 Å². The molecule has 206 valence electrons. The number of amides is 1. The molecule has 4 N–H and O–H groups in total. The standard InChI is InChI=1S/C30H51NO5/c1-6-17(2)27(28(35)36)31-25(34)10-7-18(3)21-8-9-22-26-23(12-14-30(21,22)5)29(4)13-11-20(32)15-19(29)16-24(26)33/h17-24,26-27,32-33H,6-16H2,1-5H3,(H,31,34)(H,35,36)/t17-,18+,19-,20+,21+,22-,23-,24-,26-,27-,29-,30+/m0/s1. The van der Waals surface area contributed by atoms with Gasteiger partial charge in [0.2, 0.25) is 5.91 Å². The van der Waals surface area contributed by atoms with Crippen LogP contribution in [0.3, 0.4) is 0 Å². The topological polar surface area (TPSA) is 107 Å². The number of fused-ring (bicyclic) bond motifs is 5. The molecule has 0 bridgehead atoms. The molecule has 0 aromatic carbocycles. The number of carboxylic acids is 1. The van der Waals surface area contributed by atoms with Crippen LogP contribution < -0.4 is 5.32 Å². The van der Waals surface area contributed by atoms with Gasteiger partial charge in [0, 0.05) is 6.42 Å². The third kappa shape index (κ3) is 4.86. The second kappa shape index (κ2) is 10.6. The van der Waals surface area contributed by atoms with Crippen LogP contribution in [0.25, 0.3) is 0 Å². The first-order chi connectivity index (χ1) is 16.9. The van der Waals surface area contributed by atoms with E-state index in [9.17, 15) is 24.9 Å². The summed E-state index contributed by atoms with van der Waals surface area (Å²) < 4.78 is 0. The molecule has 0 unspecified atom stereocenters. The molecule has 36 heavy (non-hydrogen) atoms. The number of carbonyl (C=O) groups excluding carboxylic acids is 1. The predicted molar refractivity (Wildman–Crippen MR) is 140 cm³/mol. The van der Waals surface area contributed by atoms with Gasteiger partial charge in [-0.3, -0.25) is 4.79 Å². The smallest absolute Gasteiger partial charge is 0.326 e. The summed E-state index contributed by atoms with van der Waals surface area (Å²) in [6.45, 7) is 11.0. The van der Waals surface area contributed by atoms with Gasteiger partial charge in [-0.05, 0) is 110 Å². The van der Waals surface area contributed by atoms with Gasteiger partial charge in [0.25, 0.3) is 0 Å². The highest BCUT2D eigenvalue weighted by Crippen LogP contribution is 2.68. The average Bonchev–Trinajstić information content (AvgIpc) is 3.18. The number of aliphatic hydroxyl groups excluding tert-OH is 2. The summed E-state index contributed by atoms with van der Waals surface area (Å²) in [6, 6.07) is -0.819. The predicted octanol–water partition coefficient (Wildman–Crippen LogP) is 5.01. The van der Waals surface area contributed by atoms with Crippen molar-refractivity contribution in [2.24, 2.45) is 52.3 Å². The molecule has 6 heteroatoms. The van der Waals surface area contributed by atoms with Crippen molar-refractivity contribution >= 4 is 11.9 Å². The van der Waals surface area contributed by atoms with Crippen LogP contribution in [0, 0.1) is 52.3 Å². The number of rotatable bonds is 8. The Morgan fingerprint density at radius 1 is 0.972 bits per heavy atom. The molecule has 0 saturated heterocycles. The molecule has 0 aliphatic heterocycles. The van der Waals surface area contributed by atoms with Crippen molar-refractivity contribution in [1.82, 2.24) is 5.32 Å². The maximum atomic E-state index is 12.7. The van der Waals surface area contributed by atoms with Gasteiger partial charge in [0.1, 0.15) is 6.04 Å². The highest BCUT2D eigenvalue weighted by molar-refractivity contribution is 5.83. The van der Waals surface area contributed by atoms with E-state index in [4.69, 9.17) is 0 Å². The quantitative estimate of drug-likeness (QED) is 0.371. The van der Waals surface area contributed by atoms with Gasteiger partial charge in [-0.25, -0.2) is 4.79 Å². The first kappa shape index (κ1) is 27.9. The van der Waals surface area contributed by atoms with Crippen molar-refractivity contribution < 1.29 is 24.9 Å². The Bertz CT molecular complexity index is 817. The Balaban J connectivity index is 1.40. The molecular weight excluding hydrogens is 454 g/mol. The summed E-state index contributed by atoms with van der Waals surface area (Å²) >= 11 is 0. The normalized spacial score (nSPS) is 44.5. The molecule has 4 saturated carbocycles. The van der Waals surface area contributed by atoms with Crippen molar-refractivity contribution in [2.75, 3.05) is 0 Å². The maximum Gasteiger partial charge on any atom is 0.326 e. The summed E-state index contributed by atoms with van der Waals surface area (Å²) in [5.41, 5.74) is 0.429. The summed E-state index contributed by atoms with van der Waals surface area (Å²) in [5, 5.41) is 34.0. The Hall–Kier alpha value is -1.14. The molecule has 4 aliphatic rings. The van der Waals surface area contributed by atoms with E-state index in [0.717, 1.165) is 51.4 Å². The third-order valence-corrected chi connectivity index (χ3v) is 12.0. The summed E-state index contributed by atoms with van der Waals surface area (Å²) in [4.78, 5) is 24.3. The summed E-state index contributed by atoms with van der Waals surface area (Å²) in [5.74, 6) is 1.58. The lowest BCUT2D eigenvalue weighted by Gasteiger charge is -2.62. The van der Waals surface area contributed by atoms with E-state index in [1.807, 2.05) is 13.8 Å². The number of carbonyl (C=O) groups is 2. The van der Waals surface area contributed by atoms with Crippen LogP contribution in [0.15, 0.2) is 0 Å². The fourth-order valence-electron chi connectivity index (χ4n) is 9.66. The fourth-order valence-corrected chi connectivity index (χ4v) is 9.66. The van der Waals surface area contributed by atoms with E-state index in [-0.39, 0.29) is 34.9 Å². The number of nitrogens with one attached hydrogen (secondary N) is 1. The Kier molecular flexibility index (Phi) is 8.17. The van der Waals surface area contributed by atoms with Gasteiger partial charge in [-0.1, -0.05) is 41.0 Å². The lowest BCUT2D eigenvalue weighted by Crippen LogP contribution is -2.58. The molecule has 1 amide bonds. The number of hydrogen-bond donors (Lipinski definition) is 4. The molecule has 4 fully saturated rings. The lowest BCUT2D eigenvalue weighted by atomic mass is 9.43. The summed E-state index contributed by atoms with van der Waals surface area (Å²) in [6.07, 6.45) is 9.72. The van der Waals surface area contributed by atoms with Crippen LogP contribution in [0.2, 0.25) is 0 Å². The SMILES string of the molecule is CC[C@H](C)[C@H](NC(=O)CC[C@@H](C)[C@H]1CC[C@H]2[C@@H]3[C@@H](O)C[C@@H]4C[C@H](O)CC[C@]4(C)[C@H]3CC[C@]12C)C(=O)O. The molecule has 4 rings (SSSR count). The van der Waals surface area contributed by atoms with Gasteiger partial charge >= 0.3 is 5.97 Å². The van der Waals surface area contributed by atoms with Crippen molar-refractivity contribution in [1.29, 1.82) is 0 Å². The van der Waals surface area contributed by atoms with Crippen LogP contribution in [-0.2, 0) is 9.59 Å². The van der Waals surface area contributed by atoms with E-state index in [1.165, 1.54) is 6.42 Å². The molecule has 0 heterocycles. The van der Waals surface area contributed by atoms with Gasteiger partial charge in [-0.2, -0.15) is 0 Å². The number of aliphatic hydroxyl groups is 2. The Morgan fingerprint density at radius 3 is 2.31 bits per heavy atom. The fraction of sp³-hybridized carbons (Fsp3) is 0.933. The monoisotopic (exact) mass is 505 g/mol. The molecule has 6 nitrogen and oxygen atoms in total. The molecule has 12 atom stereocenters. The zero-order valence-corrected chi connectivity index (χ0v) is 23.2. The highest BCUT2D eigenvalue weighted by Gasteiger charge is 2.62. The minimum atomic E-state index is -0.955. The van der Waals surface area contributed by atoms with E-state index in [0.29, 0.717) is 48.3 Å². The highest BCUT2D eigenvalue weighted by atomic mass is 16.4.